The summed E-state index contributed by atoms with van der Waals surface area (Å²) in [7, 11) is 2.13. The van der Waals surface area contributed by atoms with Crippen LogP contribution in [0.15, 0.2) is 30.3 Å². The molecule has 2 aliphatic rings. The largest absolute Gasteiger partial charge is 0.336 e. The van der Waals surface area contributed by atoms with Gasteiger partial charge in [0.25, 0.3) is 5.91 Å². The minimum absolute atomic E-state index is 0.119. The highest BCUT2D eigenvalue weighted by atomic mass is 16.2. The van der Waals surface area contributed by atoms with Gasteiger partial charge in [-0.15, -0.1) is 0 Å². The molecule has 0 radical (unpaired) electrons. The molecule has 0 atom stereocenters. The highest BCUT2D eigenvalue weighted by Crippen LogP contribution is 2.27. The summed E-state index contributed by atoms with van der Waals surface area (Å²) >= 11 is 0. The van der Waals surface area contributed by atoms with Gasteiger partial charge in [-0.05, 0) is 57.8 Å². The first-order valence-electron chi connectivity index (χ1n) is 9.88. The number of carbonyl (C=O) groups excluding carboxylic acids is 1. The van der Waals surface area contributed by atoms with Crippen molar-refractivity contribution in [3.63, 3.8) is 0 Å². The highest BCUT2D eigenvalue weighted by Gasteiger charge is 2.28. The van der Waals surface area contributed by atoms with Crippen LogP contribution < -0.4 is 0 Å². The SMILES string of the molecule is CN1CCCN(C(=O)c2nn(-c3ccccc3)c3c2CCCCC3)CC1. The van der Waals surface area contributed by atoms with Crippen molar-refractivity contribution >= 4 is 5.91 Å². The Bertz CT molecular complexity index is 768. The molecule has 1 amide bonds. The van der Waals surface area contributed by atoms with Gasteiger partial charge in [0, 0.05) is 30.9 Å². The van der Waals surface area contributed by atoms with Crippen molar-refractivity contribution < 1.29 is 4.79 Å². The Morgan fingerprint density at radius 1 is 0.923 bits per heavy atom. The molecule has 2 aromatic rings. The van der Waals surface area contributed by atoms with Crippen molar-refractivity contribution in [1.82, 2.24) is 19.6 Å². The predicted molar refractivity (Wildman–Crippen MR) is 103 cm³/mol. The molecule has 1 aliphatic heterocycles. The summed E-state index contributed by atoms with van der Waals surface area (Å²) in [5.74, 6) is 0.119. The molecule has 2 heterocycles. The molecule has 0 unspecified atom stereocenters. The standard InChI is InChI=1S/C21H28N4O/c1-23-13-8-14-24(16-15-23)21(26)20-18-11-6-3-7-12-19(18)25(22-20)17-9-4-2-5-10-17/h2,4-5,9-10H,3,6-8,11-16H2,1H3. The number of rotatable bonds is 2. The second-order valence-electron chi connectivity index (χ2n) is 7.53. The first-order valence-corrected chi connectivity index (χ1v) is 9.88. The molecule has 138 valence electrons. The highest BCUT2D eigenvalue weighted by molar-refractivity contribution is 5.94. The fourth-order valence-corrected chi connectivity index (χ4v) is 4.13. The lowest BCUT2D eigenvalue weighted by Crippen LogP contribution is -2.35. The first-order chi connectivity index (χ1) is 12.7. The average molecular weight is 352 g/mol. The van der Waals surface area contributed by atoms with Gasteiger partial charge < -0.3 is 9.80 Å². The van der Waals surface area contributed by atoms with Crippen LogP contribution >= 0.6 is 0 Å². The van der Waals surface area contributed by atoms with E-state index in [4.69, 9.17) is 5.10 Å². The lowest BCUT2D eigenvalue weighted by atomic mass is 10.1. The third-order valence-electron chi connectivity index (χ3n) is 5.64. The molecule has 0 saturated carbocycles. The van der Waals surface area contributed by atoms with E-state index in [1.807, 2.05) is 27.8 Å². The van der Waals surface area contributed by atoms with E-state index in [9.17, 15) is 4.79 Å². The molecule has 4 rings (SSSR count). The lowest BCUT2D eigenvalue weighted by molar-refractivity contribution is 0.0755. The van der Waals surface area contributed by atoms with Crippen molar-refractivity contribution in [2.24, 2.45) is 0 Å². The monoisotopic (exact) mass is 352 g/mol. The maximum absolute atomic E-state index is 13.3. The molecular formula is C21H28N4O. The van der Waals surface area contributed by atoms with Crippen molar-refractivity contribution in [2.75, 3.05) is 33.2 Å². The van der Waals surface area contributed by atoms with Gasteiger partial charge in [0.2, 0.25) is 0 Å². The first kappa shape index (κ1) is 17.3. The lowest BCUT2D eigenvalue weighted by Gasteiger charge is -2.20. The van der Waals surface area contributed by atoms with E-state index in [2.05, 4.69) is 24.1 Å². The minimum atomic E-state index is 0.119. The molecule has 0 N–H and O–H groups in total. The molecule has 0 spiro atoms. The summed E-state index contributed by atoms with van der Waals surface area (Å²) in [5.41, 5.74) is 4.17. The number of carbonyl (C=O) groups is 1. The van der Waals surface area contributed by atoms with Gasteiger partial charge >= 0.3 is 0 Å². The Balaban J connectivity index is 1.71. The average Bonchev–Trinajstić information content (AvgIpc) is 2.83. The number of aromatic nitrogens is 2. The number of likely N-dealkylation sites (N-methyl/N-ethyl adjacent to an activating group) is 1. The minimum Gasteiger partial charge on any atom is -0.336 e. The second-order valence-corrected chi connectivity index (χ2v) is 7.53. The number of fused-ring (bicyclic) bond motifs is 1. The summed E-state index contributed by atoms with van der Waals surface area (Å²) in [5, 5.41) is 4.84. The zero-order valence-corrected chi connectivity index (χ0v) is 15.7. The Hall–Kier alpha value is -2.14. The van der Waals surface area contributed by atoms with Gasteiger partial charge in [-0.3, -0.25) is 4.79 Å². The van der Waals surface area contributed by atoms with Crippen molar-refractivity contribution in [3.8, 4) is 5.69 Å². The molecule has 0 bridgehead atoms. The fraction of sp³-hybridized carbons (Fsp3) is 0.524. The van der Waals surface area contributed by atoms with Gasteiger partial charge in [-0.25, -0.2) is 4.68 Å². The number of benzene rings is 1. The van der Waals surface area contributed by atoms with Crippen LogP contribution in [-0.2, 0) is 12.8 Å². The maximum Gasteiger partial charge on any atom is 0.274 e. The summed E-state index contributed by atoms with van der Waals surface area (Å²) in [6.07, 6.45) is 6.56. The van der Waals surface area contributed by atoms with E-state index in [0.29, 0.717) is 5.69 Å². The molecule has 5 nitrogen and oxygen atoms in total. The summed E-state index contributed by atoms with van der Waals surface area (Å²) in [4.78, 5) is 17.6. The van der Waals surface area contributed by atoms with E-state index in [-0.39, 0.29) is 5.91 Å². The molecule has 1 saturated heterocycles. The van der Waals surface area contributed by atoms with Crippen LogP contribution in [-0.4, -0.2) is 58.7 Å². The van der Waals surface area contributed by atoms with Crippen LogP contribution in [0.3, 0.4) is 0 Å². The smallest absolute Gasteiger partial charge is 0.274 e. The summed E-state index contributed by atoms with van der Waals surface area (Å²) in [6, 6.07) is 10.2. The number of amides is 1. The van der Waals surface area contributed by atoms with E-state index in [1.165, 1.54) is 24.1 Å². The Morgan fingerprint density at radius 3 is 2.58 bits per heavy atom. The van der Waals surface area contributed by atoms with Gasteiger partial charge in [0.1, 0.15) is 0 Å². The third-order valence-corrected chi connectivity index (χ3v) is 5.64. The molecule has 5 heteroatoms. The van der Waals surface area contributed by atoms with Crippen LogP contribution in [0.1, 0.15) is 47.4 Å². The zero-order valence-electron chi connectivity index (χ0n) is 15.7. The van der Waals surface area contributed by atoms with Gasteiger partial charge in [-0.2, -0.15) is 5.10 Å². The molecule has 26 heavy (non-hydrogen) atoms. The number of hydrogen-bond acceptors (Lipinski definition) is 3. The van der Waals surface area contributed by atoms with Crippen LogP contribution in [0.2, 0.25) is 0 Å². The van der Waals surface area contributed by atoms with E-state index in [1.54, 1.807) is 0 Å². The van der Waals surface area contributed by atoms with Crippen LogP contribution in [0.4, 0.5) is 0 Å². The van der Waals surface area contributed by atoms with Crippen LogP contribution in [0.5, 0.6) is 0 Å². The molecule has 1 aromatic carbocycles. The topological polar surface area (TPSA) is 41.4 Å². The van der Waals surface area contributed by atoms with Gasteiger partial charge in [0.05, 0.1) is 5.69 Å². The summed E-state index contributed by atoms with van der Waals surface area (Å²) in [6.45, 7) is 3.62. The van der Waals surface area contributed by atoms with E-state index in [0.717, 1.165) is 57.5 Å². The molecular weight excluding hydrogens is 324 g/mol. The summed E-state index contributed by atoms with van der Waals surface area (Å²) < 4.78 is 2.03. The zero-order chi connectivity index (χ0) is 17.9. The predicted octanol–water partition coefficient (Wildman–Crippen LogP) is 2.92. The molecule has 1 aliphatic carbocycles. The normalized spacial score (nSPS) is 18.9. The van der Waals surface area contributed by atoms with E-state index < -0.39 is 0 Å². The fourth-order valence-electron chi connectivity index (χ4n) is 4.13. The number of hydrogen-bond donors (Lipinski definition) is 0. The van der Waals surface area contributed by atoms with Crippen LogP contribution in [0.25, 0.3) is 5.69 Å². The number of para-hydroxylation sites is 1. The Labute approximate surface area is 155 Å². The van der Waals surface area contributed by atoms with Crippen molar-refractivity contribution in [3.05, 3.63) is 47.3 Å². The Kier molecular flexibility index (Phi) is 5.07. The van der Waals surface area contributed by atoms with Crippen molar-refractivity contribution in [2.45, 2.75) is 38.5 Å². The van der Waals surface area contributed by atoms with Gasteiger partial charge in [-0.1, -0.05) is 24.6 Å². The van der Waals surface area contributed by atoms with Crippen molar-refractivity contribution in [1.29, 1.82) is 0 Å². The molecule has 1 fully saturated rings. The van der Waals surface area contributed by atoms with Gasteiger partial charge in [0.15, 0.2) is 5.69 Å². The molecule has 1 aromatic heterocycles. The quantitative estimate of drug-likeness (QED) is 0.781. The number of nitrogens with zero attached hydrogens (tertiary/aromatic N) is 4. The maximum atomic E-state index is 13.3. The van der Waals surface area contributed by atoms with E-state index >= 15 is 0 Å². The third kappa shape index (κ3) is 3.40. The second kappa shape index (κ2) is 7.62. The Morgan fingerprint density at radius 2 is 1.73 bits per heavy atom. The van der Waals surface area contributed by atoms with Crippen LogP contribution in [0, 0.1) is 0 Å².